The second-order valence-corrected chi connectivity index (χ2v) is 10.6. The largest absolute Gasteiger partial charge is 0.343 e. The first kappa shape index (κ1) is 22.3. The molecule has 1 N–H and O–H groups in total. The van der Waals surface area contributed by atoms with Gasteiger partial charge in [-0.05, 0) is 50.4 Å². The number of carbonyl (C=O) groups is 2. The summed E-state index contributed by atoms with van der Waals surface area (Å²) in [5, 5.41) is 3.50. The van der Waals surface area contributed by atoms with Crippen molar-refractivity contribution in [3.05, 3.63) is 10.5 Å². The molecule has 1 aromatic heterocycles. The van der Waals surface area contributed by atoms with Crippen LogP contribution < -0.4 is 5.32 Å². The predicted octanol–water partition coefficient (Wildman–Crippen LogP) is 5.25. The van der Waals surface area contributed by atoms with Crippen LogP contribution in [-0.4, -0.2) is 51.9 Å². The summed E-state index contributed by atoms with van der Waals surface area (Å²) in [6, 6.07) is 0.332. The molecule has 0 atom stereocenters. The van der Waals surface area contributed by atoms with Gasteiger partial charge in [-0.3, -0.25) is 10.1 Å². The molecule has 29 heavy (non-hydrogen) atoms. The second-order valence-electron chi connectivity index (χ2n) is 8.93. The lowest BCUT2D eigenvalue weighted by atomic mass is 9.85. The number of halogens is 1. The van der Waals surface area contributed by atoms with E-state index in [0.717, 1.165) is 57.5 Å². The summed E-state index contributed by atoms with van der Waals surface area (Å²) >= 11 is 7.25. The van der Waals surface area contributed by atoms with Gasteiger partial charge < -0.3 is 9.80 Å². The van der Waals surface area contributed by atoms with Gasteiger partial charge in [0.2, 0.25) is 5.91 Å². The normalized spacial score (nSPS) is 23.3. The molecule has 2 aliphatic rings. The number of nitrogens with one attached hydrogen (secondary N) is 1. The number of likely N-dealkylation sites (tertiary alicyclic amines) is 1. The van der Waals surface area contributed by atoms with E-state index in [1.807, 2.05) is 4.90 Å². The molecular formula is C21H33ClN4O2S. The van der Waals surface area contributed by atoms with Crippen LogP contribution in [0.3, 0.4) is 0 Å². The fourth-order valence-electron chi connectivity index (χ4n) is 4.49. The van der Waals surface area contributed by atoms with Crippen LogP contribution in [0.5, 0.6) is 0 Å². The number of rotatable bonds is 5. The third kappa shape index (κ3) is 6.07. The van der Waals surface area contributed by atoms with Gasteiger partial charge in [0.05, 0.1) is 6.20 Å². The van der Waals surface area contributed by atoms with E-state index in [2.05, 4.69) is 36.0 Å². The third-order valence-corrected chi connectivity index (χ3v) is 7.13. The van der Waals surface area contributed by atoms with Crippen molar-refractivity contribution in [2.24, 2.45) is 11.8 Å². The zero-order valence-corrected chi connectivity index (χ0v) is 19.3. The molecule has 6 nitrogen and oxygen atoms in total. The van der Waals surface area contributed by atoms with Crippen LogP contribution in [-0.2, 0) is 4.79 Å². The minimum Gasteiger partial charge on any atom is -0.343 e. The first-order chi connectivity index (χ1) is 13.8. The molecule has 1 saturated carbocycles. The molecule has 3 amide bonds. The SMILES string of the molecule is CC(C)CC(=O)N1CCC(N(C(=O)Nc2ncc(Cl)s2)[C@H]2CC[C@H](C)CC2)CC1. The average Bonchev–Trinajstić information content (AvgIpc) is 3.08. The number of aromatic nitrogens is 1. The molecule has 2 heterocycles. The number of nitrogens with zero attached hydrogens (tertiary/aromatic N) is 3. The van der Waals surface area contributed by atoms with E-state index in [-0.39, 0.29) is 24.0 Å². The summed E-state index contributed by atoms with van der Waals surface area (Å²) < 4.78 is 0.565. The number of hydrogen-bond acceptors (Lipinski definition) is 4. The topological polar surface area (TPSA) is 65.5 Å². The van der Waals surface area contributed by atoms with Crippen LogP contribution in [0.25, 0.3) is 0 Å². The molecule has 1 saturated heterocycles. The molecule has 1 aromatic rings. The fourth-order valence-corrected chi connectivity index (χ4v) is 5.29. The van der Waals surface area contributed by atoms with Gasteiger partial charge in [0.15, 0.2) is 5.13 Å². The molecule has 162 valence electrons. The molecule has 0 unspecified atom stereocenters. The Balaban J connectivity index is 1.66. The van der Waals surface area contributed by atoms with E-state index in [1.54, 1.807) is 6.20 Å². The quantitative estimate of drug-likeness (QED) is 0.680. The van der Waals surface area contributed by atoms with E-state index >= 15 is 0 Å². The van der Waals surface area contributed by atoms with Crippen LogP contribution >= 0.6 is 22.9 Å². The van der Waals surface area contributed by atoms with Gasteiger partial charge in [-0.1, -0.05) is 43.7 Å². The standard InChI is InChI=1S/C21H33ClN4O2S/c1-14(2)12-19(27)25-10-8-17(9-11-25)26(16-6-4-15(3)5-7-16)21(28)24-20-23-13-18(22)29-20/h13-17H,4-12H2,1-3H3,(H,23,24,28)/t15-,16-. The van der Waals surface area contributed by atoms with Crippen LogP contribution in [0.4, 0.5) is 9.93 Å². The molecule has 0 bridgehead atoms. The number of urea groups is 1. The number of carbonyl (C=O) groups excluding carboxylic acids is 2. The van der Waals surface area contributed by atoms with E-state index in [0.29, 0.717) is 21.8 Å². The molecule has 1 aliphatic heterocycles. The minimum absolute atomic E-state index is 0.0810. The third-order valence-electron chi connectivity index (χ3n) is 6.10. The Morgan fingerprint density at radius 2 is 1.83 bits per heavy atom. The Bertz CT molecular complexity index is 695. The highest BCUT2D eigenvalue weighted by atomic mass is 35.5. The Hall–Kier alpha value is -1.34. The lowest BCUT2D eigenvalue weighted by Crippen LogP contribution is -2.54. The minimum atomic E-state index is -0.0810. The van der Waals surface area contributed by atoms with Gasteiger partial charge in [0, 0.05) is 31.6 Å². The molecule has 8 heteroatoms. The van der Waals surface area contributed by atoms with Crippen LogP contribution in [0.15, 0.2) is 6.20 Å². The molecule has 0 radical (unpaired) electrons. The van der Waals surface area contributed by atoms with Gasteiger partial charge in [-0.25, -0.2) is 9.78 Å². The van der Waals surface area contributed by atoms with Crippen molar-refractivity contribution < 1.29 is 9.59 Å². The zero-order chi connectivity index (χ0) is 21.0. The van der Waals surface area contributed by atoms with Crippen molar-refractivity contribution in [1.82, 2.24) is 14.8 Å². The summed E-state index contributed by atoms with van der Waals surface area (Å²) in [5.74, 6) is 1.33. The van der Waals surface area contributed by atoms with Crippen molar-refractivity contribution in [2.45, 2.75) is 77.8 Å². The second kappa shape index (κ2) is 10.1. The summed E-state index contributed by atoms with van der Waals surface area (Å²) in [4.78, 5) is 33.8. The van der Waals surface area contributed by atoms with E-state index < -0.39 is 0 Å². The maximum Gasteiger partial charge on any atom is 0.324 e. The van der Waals surface area contributed by atoms with Gasteiger partial charge in [-0.15, -0.1) is 0 Å². The van der Waals surface area contributed by atoms with Gasteiger partial charge >= 0.3 is 6.03 Å². The molecule has 0 aromatic carbocycles. The molecule has 2 fully saturated rings. The first-order valence-electron chi connectivity index (χ1n) is 10.8. The van der Waals surface area contributed by atoms with Crippen molar-refractivity contribution in [1.29, 1.82) is 0 Å². The number of thiazole rings is 1. The predicted molar refractivity (Wildman–Crippen MR) is 118 cm³/mol. The summed E-state index contributed by atoms with van der Waals surface area (Å²) in [5.41, 5.74) is 0. The van der Waals surface area contributed by atoms with Crippen molar-refractivity contribution in [3.8, 4) is 0 Å². The van der Waals surface area contributed by atoms with E-state index in [4.69, 9.17) is 11.6 Å². The average molecular weight is 441 g/mol. The number of hydrogen-bond donors (Lipinski definition) is 1. The maximum absolute atomic E-state index is 13.2. The Morgan fingerprint density at radius 1 is 1.21 bits per heavy atom. The highest BCUT2D eigenvalue weighted by Crippen LogP contribution is 2.32. The lowest BCUT2D eigenvalue weighted by molar-refractivity contribution is -0.133. The maximum atomic E-state index is 13.2. The summed E-state index contributed by atoms with van der Waals surface area (Å²) in [7, 11) is 0. The van der Waals surface area contributed by atoms with Crippen molar-refractivity contribution in [3.63, 3.8) is 0 Å². The number of amides is 3. The number of anilines is 1. The molecule has 3 rings (SSSR count). The molecule has 0 spiro atoms. The fraction of sp³-hybridized carbons (Fsp3) is 0.762. The van der Waals surface area contributed by atoms with Gasteiger partial charge in [0.25, 0.3) is 0 Å². The molecule has 1 aliphatic carbocycles. The van der Waals surface area contributed by atoms with Gasteiger partial charge in [-0.2, -0.15) is 0 Å². The first-order valence-corrected chi connectivity index (χ1v) is 12.0. The highest BCUT2D eigenvalue weighted by molar-refractivity contribution is 7.19. The summed E-state index contributed by atoms with van der Waals surface area (Å²) in [6.07, 6.45) is 8.23. The Morgan fingerprint density at radius 3 is 2.38 bits per heavy atom. The Labute approximate surface area is 183 Å². The zero-order valence-electron chi connectivity index (χ0n) is 17.7. The van der Waals surface area contributed by atoms with Crippen LogP contribution in [0, 0.1) is 11.8 Å². The lowest BCUT2D eigenvalue weighted by Gasteiger charge is -2.44. The van der Waals surface area contributed by atoms with Gasteiger partial charge in [0.1, 0.15) is 4.34 Å². The van der Waals surface area contributed by atoms with E-state index in [9.17, 15) is 9.59 Å². The highest BCUT2D eigenvalue weighted by Gasteiger charge is 2.35. The van der Waals surface area contributed by atoms with Crippen LogP contribution in [0.2, 0.25) is 4.34 Å². The monoisotopic (exact) mass is 440 g/mol. The van der Waals surface area contributed by atoms with Crippen molar-refractivity contribution in [2.75, 3.05) is 18.4 Å². The van der Waals surface area contributed by atoms with Crippen LogP contribution in [0.1, 0.15) is 65.7 Å². The van der Waals surface area contributed by atoms with Crippen molar-refractivity contribution >= 4 is 40.0 Å². The van der Waals surface area contributed by atoms with E-state index in [1.165, 1.54) is 11.3 Å². The molecular weight excluding hydrogens is 408 g/mol. The number of piperidine rings is 1. The summed E-state index contributed by atoms with van der Waals surface area (Å²) in [6.45, 7) is 7.90. The Kier molecular flexibility index (Phi) is 7.79. The smallest absolute Gasteiger partial charge is 0.324 e.